The summed E-state index contributed by atoms with van der Waals surface area (Å²) in [5, 5.41) is 8.57. The molecule has 30 heavy (non-hydrogen) atoms. The lowest BCUT2D eigenvalue weighted by atomic mass is 10.1. The standard InChI is InChI=1S/C20H16ClF3N4OS/c1-12(18(29)25-16-9-8-14(21)11-15(16)20(22,23)24)30-19-26-17(27-28-19)10-7-13-5-3-2-4-6-13/h2-12H,1H3,(H,25,29)(H,26,27,28)/b10-7+. The first-order valence-electron chi connectivity index (χ1n) is 8.72. The van der Waals surface area contributed by atoms with Crippen molar-refractivity contribution in [2.45, 2.75) is 23.5 Å². The maximum Gasteiger partial charge on any atom is 0.418 e. The van der Waals surface area contributed by atoms with Gasteiger partial charge in [0, 0.05) is 5.02 Å². The maximum absolute atomic E-state index is 13.2. The summed E-state index contributed by atoms with van der Waals surface area (Å²) < 4.78 is 39.5. The Balaban J connectivity index is 1.64. The van der Waals surface area contributed by atoms with Crippen LogP contribution in [-0.2, 0) is 11.0 Å². The molecule has 1 heterocycles. The number of nitrogens with zero attached hydrogens (tertiary/aromatic N) is 2. The number of aromatic nitrogens is 3. The summed E-state index contributed by atoms with van der Waals surface area (Å²) in [5.74, 6) is -0.120. The molecular formula is C20H16ClF3N4OS. The minimum Gasteiger partial charge on any atom is -0.325 e. The normalized spacial score (nSPS) is 12.8. The van der Waals surface area contributed by atoms with Gasteiger partial charge in [-0.3, -0.25) is 9.89 Å². The number of H-pyrrole nitrogens is 1. The van der Waals surface area contributed by atoms with E-state index in [4.69, 9.17) is 11.6 Å². The maximum atomic E-state index is 13.2. The van der Waals surface area contributed by atoms with Crippen molar-refractivity contribution in [2.24, 2.45) is 0 Å². The zero-order chi connectivity index (χ0) is 21.7. The Morgan fingerprint density at radius 3 is 2.63 bits per heavy atom. The fourth-order valence-corrected chi connectivity index (χ4v) is 3.33. The molecular weight excluding hydrogens is 437 g/mol. The summed E-state index contributed by atoms with van der Waals surface area (Å²) in [5.41, 5.74) is -0.378. The number of hydrogen-bond donors (Lipinski definition) is 2. The number of aromatic amines is 1. The highest BCUT2D eigenvalue weighted by atomic mass is 35.5. The van der Waals surface area contributed by atoms with E-state index in [-0.39, 0.29) is 10.7 Å². The van der Waals surface area contributed by atoms with E-state index < -0.39 is 22.9 Å². The molecule has 3 aromatic rings. The molecule has 156 valence electrons. The smallest absolute Gasteiger partial charge is 0.325 e. The van der Waals surface area contributed by atoms with Crippen molar-refractivity contribution in [2.75, 3.05) is 5.32 Å². The van der Waals surface area contributed by atoms with Crippen molar-refractivity contribution < 1.29 is 18.0 Å². The molecule has 3 rings (SSSR count). The summed E-state index contributed by atoms with van der Waals surface area (Å²) in [6.07, 6.45) is -1.06. The van der Waals surface area contributed by atoms with Crippen molar-refractivity contribution in [3.8, 4) is 0 Å². The van der Waals surface area contributed by atoms with Gasteiger partial charge < -0.3 is 5.32 Å². The lowest BCUT2D eigenvalue weighted by molar-refractivity contribution is -0.137. The number of amides is 1. The molecule has 1 atom stereocenters. The molecule has 2 aromatic carbocycles. The van der Waals surface area contributed by atoms with Gasteiger partial charge in [-0.15, -0.1) is 5.10 Å². The number of hydrogen-bond acceptors (Lipinski definition) is 4. The van der Waals surface area contributed by atoms with E-state index >= 15 is 0 Å². The van der Waals surface area contributed by atoms with Crippen molar-refractivity contribution in [3.05, 3.63) is 70.5 Å². The SMILES string of the molecule is CC(Sc1n[nH]c(/C=C/c2ccccc2)n1)C(=O)Nc1ccc(Cl)cc1C(F)(F)F. The number of rotatable bonds is 6. The van der Waals surface area contributed by atoms with Crippen LogP contribution in [0.15, 0.2) is 53.7 Å². The number of carbonyl (C=O) groups is 1. The second-order valence-corrected chi connectivity index (χ2v) is 7.93. The van der Waals surface area contributed by atoms with Gasteiger partial charge in [-0.1, -0.05) is 59.8 Å². The van der Waals surface area contributed by atoms with E-state index in [2.05, 4.69) is 20.5 Å². The highest BCUT2D eigenvalue weighted by Crippen LogP contribution is 2.36. The lowest BCUT2D eigenvalue weighted by Crippen LogP contribution is -2.24. The van der Waals surface area contributed by atoms with Gasteiger partial charge in [0.25, 0.3) is 0 Å². The van der Waals surface area contributed by atoms with Crippen molar-refractivity contribution in [1.29, 1.82) is 0 Å². The molecule has 0 saturated heterocycles. The molecule has 2 N–H and O–H groups in total. The van der Waals surface area contributed by atoms with E-state index in [0.29, 0.717) is 11.0 Å². The molecule has 0 aliphatic heterocycles. The summed E-state index contributed by atoms with van der Waals surface area (Å²) >= 11 is 6.68. The van der Waals surface area contributed by atoms with E-state index in [1.165, 1.54) is 6.07 Å². The molecule has 0 saturated carbocycles. The van der Waals surface area contributed by atoms with Gasteiger partial charge in [-0.25, -0.2) is 4.98 Å². The molecule has 0 bridgehead atoms. The Kier molecular flexibility index (Phi) is 6.84. The van der Waals surface area contributed by atoms with Crippen molar-refractivity contribution in [1.82, 2.24) is 15.2 Å². The molecule has 1 amide bonds. The summed E-state index contributed by atoms with van der Waals surface area (Å²) in [7, 11) is 0. The minimum atomic E-state index is -4.65. The number of carbonyl (C=O) groups excluding carboxylic acids is 1. The lowest BCUT2D eigenvalue weighted by Gasteiger charge is -2.16. The Bertz CT molecular complexity index is 1050. The number of halogens is 4. The van der Waals surface area contributed by atoms with Crippen LogP contribution in [0.3, 0.4) is 0 Å². The molecule has 10 heteroatoms. The van der Waals surface area contributed by atoms with Crippen molar-refractivity contribution >= 4 is 47.1 Å². The molecule has 0 aliphatic rings. The Hall–Kier alpha value is -2.78. The largest absolute Gasteiger partial charge is 0.418 e. The van der Waals surface area contributed by atoms with Gasteiger partial charge in [-0.2, -0.15) is 13.2 Å². The number of benzene rings is 2. The third-order valence-corrected chi connectivity index (χ3v) is 5.11. The molecule has 0 spiro atoms. The predicted molar refractivity (Wildman–Crippen MR) is 112 cm³/mol. The fraction of sp³-hybridized carbons (Fsp3) is 0.150. The van der Waals surface area contributed by atoms with E-state index in [1.807, 2.05) is 36.4 Å². The third kappa shape index (κ3) is 5.87. The van der Waals surface area contributed by atoms with Crippen LogP contribution in [0, 0.1) is 0 Å². The topological polar surface area (TPSA) is 70.7 Å². The predicted octanol–water partition coefficient (Wildman–Crippen LogP) is 5.77. The van der Waals surface area contributed by atoms with Crippen LogP contribution < -0.4 is 5.32 Å². The van der Waals surface area contributed by atoms with Gasteiger partial charge in [-0.05, 0) is 36.8 Å². The Morgan fingerprint density at radius 2 is 1.93 bits per heavy atom. The van der Waals surface area contributed by atoms with Gasteiger partial charge >= 0.3 is 6.18 Å². The van der Waals surface area contributed by atoms with Crippen molar-refractivity contribution in [3.63, 3.8) is 0 Å². The zero-order valence-electron chi connectivity index (χ0n) is 15.6. The van der Waals surface area contributed by atoms with Crippen LogP contribution in [0.25, 0.3) is 12.2 Å². The first-order valence-corrected chi connectivity index (χ1v) is 9.98. The van der Waals surface area contributed by atoms with Gasteiger partial charge in [0.05, 0.1) is 16.5 Å². The number of anilines is 1. The van der Waals surface area contributed by atoms with Crippen LogP contribution in [0.5, 0.6) is 0 Å². The molecule has 1 aromatic heterocycles. The Labute approximate surface area is 179 Å². The Morgan fingerprint density at radius 1 is 1.20 bits per heavy atom. The van der Waals surface area contributed by atoms with Crippen LogP contribution >= 0.6 is 23.4 Å². The summed E-state index contributed by atoms with van der Waals surface area (Å²) in [4.78, 5) is 16.6. The van der Waals surface area contributed by atoms with Crippen LogP contribution in [0.1, 0.15) is 23.9 Å². The zero-order valence-corrected chi connectivity index (χ0v) is 17.1. The van der Waals surface area contributed by atoms with Crippen LogP contribution in [0.2, 0.25) is 5.02 Å². The van der Waals surface area contributed by atoms with Gasteiger partial charge in [0.15, 0.2) is 0 Å². The van der Waals surface area contributed by atoms with Crippen LogP contribution in [0.4, 0.5) is 18.9 Å². The summed E-state index contributed by atoms with van der Waals surface area (Å²) in [6, 6.07) is 12.8. The highest BCUT2D eigenvalue weighted by molar-refractivity contribution is 8.00. The number of thioether (sulfide) groups is 1. The monoisotopic (exact) mass is 452 g/mol. The molecule has 1 unspecified atom stereocenters. The fourth-order valence-electron chi connectivity index (χ4n) is 2.43. The first-order chi connectivity index (χ1) is 14.2. The molecule has 5 nitrogen and oxygen atoms in total. The van der Waals surface area contributed by atoms with E-state index in [1.54, 1.807) is 13.0 Å². The van der Waals surface area contributed by atoms with Gasteiger partial charge in [0.1, 0.15) is 5.82 Å². The van der Waals surface area contributed by atoms with Crippen LogP contribution in [-0.4, -0.2) is 26.3 Å². The second kappa shape index (κ2) is 9.36. The molecule has 0 fully saturated rings. The number of nitrogens with one attached hydrogen (secondary N) is 2. The third-order valence-electron chi connectivity index (χ3n) is 3.91. The highest BCUT2D eigenvalue weighted by Gasteiger charge is 2.34. The minimum absolute atomic E-state index is 0.0699. The van der Waals surface area contributed by atoms with E-state index in [9.17, 15) is 18.0 Å². The van der Waals surface area contributed by atoms with E-state index in [0.717, 1.165) is 29.5 Å². The number of alkyl halides is 3. The molecule has 0 radical (unpaired) electrons. The first kappa shape index (κ1) is 21.9. The second-order valence-electron chi connectivity index (χ2n) is 6.18. The summed E-state index contributed by atoms with van der Waals surface area (Å²) in [6.45, 7) is 1.55. The average Bonchev–Trinajstić information content (AvgIpc) is 3.15. The quantitative estimate of drug-likeness (QED) is 0.466. The molecule has 0 aliphatic carbocycles. The van der Waals surface area contributed by atoms with Gasteiger partial charge in [0.2, 0.25) is 11.1 Å². The average molecular weight is 453 g/mol.